The molecule has 28 heavy (non-hydrogen) atoms. The van der Waals surface area contributed by atoms with Gasteiger partial charge in [0.2, 0.25) is 0 Å². The molecule has 168 valence electrons. The predicted molar refractivity (Wildman–Crippen MR) is 127 cm³/mol. The Hall–Kier alpha value is 0.719. The number of hydrogen-bond acceptors (Lipinski definition) is 2. The van der Waals surface area contributed by atoms with Gasteiger partial charge in [-0.05, 0) is 0 Å². The van der Waals surface area contributed by atoms with Gasteiger partial charge in [0, 0.05) is 0 Å². The van der Waals surface area contributed by atoms with E-state index in [4.69, 9.17) is 9.47 Å². The molecule has 0 saturated carbocycles. The van der Waals surface area contributed by atoms with Crippen molar-refractivity contribution in [2.24, 2.45) is 5.92 Å². The molecule has 0 aromatic carbocycles. The first-order valence-electron chi connectivity index (χ1n) is 12.8. The van der Waals surface area contributed by atoms with Crippen LogP contribution in [0.1, 0.15) is 119 Å². The molecule has 1 aliphatic rings. The van der Waals surface area contributed by atoms with Gasteiger partial charge in [-0.1, -0.05) is 0 Å². The average molecular weight is 503 g/mol. The number of ether oxygens (including phenoxy) is 2. The van der Waals surface area contributed by atoms with E-state index in [-0.39, 0.29) is 6.29 Å². The van der Waals surface area contributed by atoms with E-state index in [9.17, 15) is 0 Å². The molecule has 1 saturated heterocycles. The molecule has 1 heterocycles. The third-order valence-corrected chi connectivity index (χ3v) is 23.3. The van der Waals surface area contributed by atoms with Gasteiger partial charge in [0.25, 0.3) is 0 Å². The SMILES string of the molecule is CCCCCC[C@H]1C[C@H]([Sn]([CH2]CCC)([CH2]CCC)[CH2]CCC)O[C@@H](C(C)C)O1. The van der Waals surface area contributed by atoms with E-state index in [1.807, 2.05) is 0 Å². The molecule has 1 fully saturated rings. The van der Waals surface area contributed by atoms with Crippen LogP contribution >= 0.6 is 0 Å². The first-order chi connectivity index (χ1) is 13.5. The molecule has 0 unspecified atom stereocenters. The summed E-state index contributed by atoms with van der Waals surface area (Å²) < 4.78 is 18.5. The maximum absolute atomic E-state index is 6.83. The molecule has 1 rings (SSSR count). The summed E-state index contributed by atoms with van der Waals surface area (Å²) in [6, 6.07) is 0. The number of rotatable bonds is 16. The summed E-state index contributed by atoms with van der Waals surface area (Å²) in [5.74, 6) is 0.466. The zero-order chi connectivity index (χ0) is 20.8. The molecule has 1 aliphatic heterocycles. The van der Waals surface area contributed by atoms with E-state index >= 15 is 0 Å². The molecule has 0 aromatic heterocycles. The molecule has 0 N–H and O–H groups in total. The molecule has 0 amide bonds. The quantitative estimate of drug-likeness (QED) is 0.155. The van der Waals surface area contributed by atoms with Gasteiger partial charge < -0.3 is 0 Å². The van der Waals surface area contributed by atoms with Crippen molar-refractivity contribution in [3.63, 3.8) is 0 Å². The average Bonchev–Trinajstić information content (AvgIpc) is 2.70. The van der Waals surface area contributed by atoms with Gasteiger partial charge in [0.15, 0.2) is 0 Å². The Morgan fingerprint density at radius 1 is 0.714 bits per heavy atom. The van der Waals surface area contributed by atoms with Gasteiger partial charge in [-0.25, -0.2) is 0 Å². The summed E-state index contributed by atoms with van der Waals surface area (Å²) in [7, 11) is 0. The maximum atomic E-state index is 6.83. The fourth-order valence-corrected chi connectivity index (χ4v) is 22.2. The first-order valence-corrected chi connectivity index (χ1v) is 20.5. The van der Waals surface area contributed by atoms with Gasteiger partial charge in [-0.3, -0.25) is 0 Å². The van der Waals surface area contributed by atoms with Gasteiger partial charge >= 0.3 is 182 Å². The van der Waals surface area contributed by atoms with E-state index in [0.717, 1.165) is 0 Å². The second kappa shape index (κ2) is 15.5. The summed E-state index contributed by atoms with van der Waals surface area (Å²) in [4.78, 5) is 0. The van der Waals surface area contributed by atoms with Crippen molar-refractivity contribution in [3.05, 3.63) is 0 Å². The van der Waals surface area contributed by atoms with Crippen LogP contribution in [-0.2, 0) is 9.47 Å². The van der Waals surface area contributed by atoms with Gasteiger partial charge in [-0.15, -0.1) is 0 Å². The third-order valence-electron chi connectivity index (χ3n) is 6.79. The molecule has 0 aliphatic carbocycles. The van der Waals surface area contributed by atoms with Crippen LogP contribution < -0.4 is 0 Å². The summed E-state index contributed by atoms with van der Waals surface area (Å²) >= 11 is -2.37. The van der Waals surface area contributed by atoms with Crippen LogP contribution in [-0.4, -0.2) is 34.9 Å². The van der Waals surface area contributed by atoms with Gasteiger partial charge in [0.1, 0.15) is 0 Å². The minimum atomic E-state index is -2.37. The summed E-state index contributed by atoms with van der Waals surface area (Å²) in [6.45, 7) is 14.0. The molecule has 3 atom stereocenters. The van der Waals surface area contributed by atoms with Gasteiger partial charge in [0.05, 0.1) is 0 Å². The standard InChI is InChI=1S/C13H25O2.3C4H9.Sn/c1-4-5-6-7-8-12-9-10-14-13(15-12)11(2)3;3*1-3-4-2;/h10-13H,4-9H2,1-3H3;3*1,3-4H2,2H3;/t12-,13+;;;;/m0..../s1. The Labute approximate surface area is 181 Å². The van der Waals surface area contributed by atoms with Crippen molar-refractivity contribution in [1.82, 2.24) is 0 Å². The van der Waals surface area contributed by atoms with Crippen molar-refractivity contribution >= 4 is 18.4 Å². The fraction of sp³-hybridized carbons (Fsp3) is 1.00. The van der Waals surface area contributed by atoms with E-state index in [1.165, 1.54) is 77.0 Å². The first kappa shape index (κ1) is 26.8. The van der Waals surface area contributed by atoms with E-state index in [1.54, 1.807) is 13.3 Å². The molecular weight excluding hydrogens is 451 g/mol. The van der Waals surface area contributed by atoms with Crippen LogP contribution in [0.5, 0.6) is 0 Å². The second-order valence-electron chi connectivity index (χ2n) is 9.75. The molecular formula is C25H52O2Sn. The van der Waals surface area contributed by atoms with Crippen LogP contribution in [0.3, 0.4) is 0 Å². The third kappa shape index (κ3) is 9.25. The van der Waals surface area contributed by atoms with Crippen LogP contribution in [0.4, 0.5) is 0 Å². The Kier molecular flexibility index (Phi) is 14.8. The Balaban J connectivity index is 2.96. The zero-order valence-electron chi connectivity index (χ0n) is 20.2. The monoisotopic (exact) mass is 504 g/mol. The molecule has 2 nitrogen and oxygen atoms in total. The predicted octanol–water partition coefficient (Wildman–Crippen LogP) is 8.50. The zero-order valence-corrected chi connectivity index (χ0v) is 23.1. The molecule has 0 bridgehead atoms. The Morgan fingerprint density at radius 2 is 1.25 bits per heavy atom. The Bertz CT molecular complexity index is 350. The fourth-order valence-electron chi connectivity index (χ4n) is 4.87. The van der Waals surface area contributed by atoms with Crippen molar-refractivity contribution in [2.45, 2.75) is 148 Å². The normalized spacial score (nSPS) is 23.5. The van der Waals surface area contributed by atoms with Crippen LogP contribution in [0.15, 0.2) is 0 Å². The summed E-state index contributed by atoms with van der Waals surface area (Å²) in [5, 5.41) is 0. The Morgan fingerprint density at radius 3 is 1.71 bits per heavy atom. The summed E-state index contributed by atoms with van der Waals surface area (Å²) in [5.41, 5.74) is 0. The number of hydrogen-bond donors (Lipinski definition) is 0. The van der Waals surface area contributed by atoms with Crippen LogP contribution in [0, 0.1) is 5.92 Å². The van der Waals surface area contributed by atoms with E-state index < -0.39 is 18.4 Å². The van der Waals surface area contributed by atoms with Gasteiger partial charge in [-0.2, -0.15) is 0 Å². The van der Waals surface area contributed by atoms with Crippen LogP contribution in [0.25, 0.3) is 0 Å². The molecule has 0 aromatic rings. The van der Waals surface area contributed by atoms with E-state index in [2.05, 4.69) is 41.5 Å². The van der Waals surface area contributed by atoms with Crippen molar-refractivity contribution in [1.29, 1.82) is 0 Å². The molecule has 0 radical (unpaired) electrons. The molecule has 0 spiro atoms. The van der Waals surface area contributed by atoms with Crippen molar-refractivity contribution in [2.75, 3.05) is 0 Å². The number of unbranched alkanes of at least 4 members (excludes halogenated alkanes) is 6. The van der Waals surface area contributed by atoms with E-state index in [0.29, 0.717) is 16.1 Å². The minimum absolute atomic E-state index is 0.0379. The van der Waals surface area contributed by atoms with Crippen molar-refractivity contribution in [3.8, 4) is 0 Å². The molecule has 3 heteroatoms. The van der Waals surface area contributed by atoms with Crippen LogP contribution in [0.2, 0.25) is 13.3 Å². The second-order valence-corrected chi connectivity index (χ2v) is 23.6. The topological polar surface area (TPSA) is 18.5 Å². The van der Waals surface area contributed by atoms with Crippen molar-refractivity contribution < 1.29 is 9.47 Å². The summed E-state index contributed by atoms with van der Waals surface area (Å²) in [6.07, 6.45) is 16.6.